The van der Waals surface area contributed by atoms with Crippen molar-refractivity contribution in [1.29, 1.82) is 0 Å². The van der Waals surface area contributed by atoms with Crippen LogP contribution in [0.4, 0.5) is 0 Å². The molecule has 0 fully saturated rings. The summed E-state index contributed by atoms with van der Waals surface area (Å²) in [6, 6.07) is 0. The van der Waals surface area contributed by atoms with Crippen molar-refractivity contribution in [2.24, 2.45) is 0 Å². The van der Waals surface area contributed by atoms with E-state index in [-0.39, 0.29) is 6.61 Å². The topological polar surface area (TPSA) is 74.2 Å². The summed E-state index contributed by atoms with van der Waals surface area (Å²) in [4.78, 5) is 1.76. The molecule has 0 saturated carbocycles. The van der Waals surface area contributed by atoms with Crippen molar-refractivity contribution in [3.63, 3.8) is 0 Å². The molecule has 0 aliphatic carbocycles. The molecular weight excluding hydrogens is 258 g/mol. The van der Waals surface area contributed by atoms with E-state index < -0.39 is 5.85 Å². The highest BCUT2D eigenvalue weighted by Crippen LogP contribution is 2.08. The highest BCUT2D eigenvalue weighted by Gasteiger charge is 2.32. The van der Waals surface area contributed by atoms with Gasteiger partial charge in [0.05, 0.1) is 6.54 Å². The highest BCUT2D eigenvalue weighted by atomic mass is 16.3. The average molecular weight is 291 g/mol. The van der Waals surface area contributed by atoms with E-state index in [2.05, 4.69) is 29.6 Å². The Morgan fingerprint density at radius 1 is 1.10 bits per heavy atom. The number of hydrogen-bond donors (Lipinski definition) is 4. The number of rotatable bonds is 12. The maximum Gasteiger partial charge on any atom is 0.190 e. The Hall–Kier alpha value is -0.280. The molecule has 0 aliphatic rings. The molecule has 1 unspecified atom stereocenters. The lowest BCUT2D eigenvalue weighted by molar-refractivity contribution is -0.180. The van der Waals surface area contributed by atoms with Gasteiger partial charge in [0.25, 0.3) is 0 Å². The molecule has 20 heavy (non-hydrogen) atoms. The zero-order valence-corrected chi connectivity index (χ0v) is 13.7. The van der Waals surface area contributed by atoms with Crippen molar-refractivity contribution >= 4 is 0 Å². The fraction of sp³-hybridized carbons (Fsp3) is 1.00. The van der Waals surface area contributed by atoms with Crippen LogP contribution in [-0.2, 0) is 0 Å². The second-order valence-corrected chi connectivity index (χ2v) is 4.92. The second kappa shape index (κ2) is 10.4. The molecule has 0 spiro atoms. The first-order valence-corrected chi connectivity index (χ1v) is 7.46. The summed E-state index contributed by atoms with van der Waals surface area (Å²) >= 11 is 0. The van der Waals surface area contributed by atoms with E-state index in [1.54, 1.807) is 4.90 Å². The Labute approximate surface area is 123 Å². The SMILES string of the molecule is CCNC(O)(CN(NCCCO)N(CC)CC)N(C)C. The first-order valence-electron chi connectivity index (χ1n) is 7.46. The lowest BCUT2D eigenvalue weighted by Crippen LogP contribution is -2.66. The van der Waals surface area contributed by atoms with Gasteiger partial charge in [-0.2, -0.15) is 5.12 Å². The number of hydrazine groups is 2. The van der Waals surface area contributed by atoms with E-state index in [0.29, 0.717) is 26.1 Å². The third kappa shape index (κ3) is 6.45. The van der Waals surface area contributed by atoms with Crippen LogP contribution in [0.5, 0.6) is 0 Å². The fourth-order valence-electron chi connectivity index (χ4n) is 1.96. The lowest BCUT2D eigenvalue weighted by Gasteiger charge is -2.42. The molecular formula is C13H33N5O2. The van der Waals surface area contributed by atoms with E-state index in [1.807, 2.05) is 26.1 Å². The maximum absolute atomic E-state index is 10.7. The summed E-state index contributed by atoms with van der Waals surface area (Å²) in [5.41, 5.74) is 3.26. The fourth-order valence-corrected chi connectivity index (χ4v) is 1.96. The monoisotopic (exact) mass is 291 g/mol. The van der Waals surface area contributed by atoms with E-state index in [9.17, 15) is 5.11 Å². The number of hydrogen-bond acceptors (Lipinski definition) is 7. The zero-order chi connectivity index (χ0) is 15.6. The van der Waals surface area contributed by atoms with Crippen molar-refractivity contribution in [1.82, 2.24) is 25.8 Å². The van der Waals surface area contributed by atoms with Crippen LogP contribution in [0.3, 0.4) is 0 Å². The maximum atomic E-state index is 10.7. The molecule has 0 heterocycles. The first-order chi connectivity index (χ1) is 9.45. The number of likely N-dealkylation sites (N-methyl/N-ethyl adjacent to an activating group) is 2. The normalized spacial score (nSPS) is 15.3. The Kier molecular flexibility index (Phi) is 10.3. The van der Waals surface area contributed by atoms with Crippen LogP contribution in [0.25, 0.3) is 0 Å². The van der Waals surface area contributed by atoms with Gasteiger partial charge in [0.1, 0.15) is 0 Å². The lowest BCUT2D eigenvalue weighted by atomic mass is 10.3. The molecule has 0 amide bonds. The molecule has 7 heteroatoms. The van der Waals surface area contributed by atoms with Crippen LogP contribution in [0, 0.1) is 0 Å². The Morgan fingerprint density at radius 3 is 2.10 bits per heavy atom. The third-order valence-electron chi connectivity index (χ3n) is 3.27. The standard InChI is InChI=1S/C13H33N5O2/c1-6-14-13(20,16(4)5)12-18(15-10-9-11-19)17(7-2)8-3/h14-15,19-20H,6-12H2,1-5H3. The Bertz CT molecular complexity index is 239. The van der Waals surface area contributed by atoms with Gasteiger partial charge < -0.3 is 10.2 Å². The minimum absolute atomic E-state index is 0.157. The second-order valence-electron chi connectivity index (χ2n) is 4.92. The summed E-state index contributed by atoms with van der Waals surface area (Å²) in [5, 5.41) is 26.8. The Balaban J connectivity index is 4.81. The summed E-state index contributed by atoms with van der Waals surface area (Å²) < 4.78 is 0. The zero-order valence-electron chi connectivity index (χ0n) is 13.7. The van der Waals surface area contributed by atoms with Crippen molar-refractivity contribution < 1.29 is 10.2 Å². The molecule has 0 rings (SSSR count). The number of nitrogens with one attached hydrogen (secondary N) is 2. The molecule has 0 aromatic rings. The summed E-state index contributed by atoms with van der Waals surface area (Å²) in [7, 11) is 3.69. The highest BCUT2D eigenvalue weighted by molar-refractivity contribution is 4.75. The predicted molar refractivity (Wildman–Crippen MR) is 81.6 cm³/mol. The molecule has 4 N–H and O–H groups in total. The average Bonchev–Trinajstić information content (AvgIpc) is 2.40. The van der Waals surface area contributed by atoms with Gasteiger partial charge in [0.2, 0.25) is 0 Å². The van der Waals surface area contributed by atoms with Gasteiger partial charge in [0, 0.05) is 26.2 Å². The van der Waals surface area contributed by atoms with Gasteiger partial charge in [-0.1, -0.05) is 20.8 Å². The molecule has 122 valence electrons. The summed E-state index contributed by atoms with van der Waals surface area (Å²) in [6.45, 7) is 9.70. The summed E-state index contributed by atoms with van der Waals surface area (Å²) in [5.74, 6) is -1.11. The molecule has 0 aromatic heterocycles. The minimum atomic E-state index is -1.11. The van der Waals surface area contributed by atoms with Gasteiger partial charge >= 0.3 is 0 Å². The van der Waals surface area contributed by atoms with Crippen LogP contribution in [0.1, 0.15) is 27.2 Å². The van der Waals surface area contributed by atoms with Gasteiger partial charge in [0.15, 0.2) is 5.85 Å². The van der Waals surface area contributed by atoms with Crippen LogP contribution in [-0.4, -0.2) is 84.5 Å². The van der Waals surface area contributed by atoms with Crippen molar-refractivity contribution in [2.45, 2.75) is 33.0 Å². The molecule has 0 aliphatic heterocycles. The largest absolute Gasteiger partial charge is 0.396 e. The molecule has 0 bridgehead atoms. The molecule has 1 atom stereocenters. The van der Waals surface area contributed by atoms with Gasteiger partial charge in [-0.3, -0.25) is 10.2 Å². The summed E-state index contributed by atoms with van der Waals surface area (Å²) in [6.07, 6.45) is 0.680. The number of nitrogens with zero attached hydrogens (tertiary/aromatic N) is 3. The predicted octanol–water partition coefficient (Wildman–Crippen LogP) is -0.751. The van der Waals surface area contributed by atoms with Gasteiger partial charge in [-0.25, -0.2) is 10.4 Å². The van der Waals surface area contributed by atoms with Crippen LogP contribution in [0.15, 0.2) is 0 Å². The smallest absolute Gasteiger partial charge is 0.190 e. The van der Waals surface area contributed by atoms with E-state index in [1.165, 1.54) is 0 Å². The van der Waals surface area contributed by atoms with E-state index in [0.717, 1.165) is 13.1 Å². The number of aliphatic hydroxyl groups is 2. The first kappa shape index (κ1) is 19.7. The van der Waals surface area contributed by atoms with Crippen molar-refractivity contribution in [2.75, 3.05) is 53.4 Å². The minimum Gasteiger partial charge on any atom is -0.396 e. The molecule has 0 saturated heterocycles. The van der Waals surface area contributed by atoms with Crippen LogP contribution in [0.2, 0.25) is 0 Å². The number of aliphatic hydroxyl groups excluding tert-OH is 1. The Morgan fingerprint density at radius 2 is 1.70 bits per heavy atom. The van der Waals surface area contributed by atoms with Crippen LogP contribution < -0.4 is 10.7 Å². The van der Waals surface area contributed by atoms with Crippen molar-refractivity contribution in [3.8, 4) is 0 Å². The van der Waals surface area contributed by atoms with Crippen LogP contribution >= 0.6 is 0 Å². The third-order valence-corrected chi connectivity index (χ3v) is 3.27. The van der Waals surface area contributed by atoms with E-state index >= 15 is 0 Å². The van der Waals surface area contributed by atoms with Gasteiger partial charge in [-0.15, -0.1) is 0 Å². The molecule has 0 radical (unpaired) electrons. The van der Waals surface area contributed by atoms with E-state index in [4.69, 9.17) is 5.11 Å². The molecule has 0 aromatic carbocycles. The quantitative estimate of drug-likeness (QED) is 0.214. The van der Waals surface area contributed by atoms with Crippen molar-refractivity contribution in [3.05, 3.63) is 0 Å². The molecule has 7 nitrogen and oxygen atoms in total. The van der Waals surface area contributed by atoms with Gasteiger partial charge in [-0.05, 0) is 27.1 Å².